The van der Waals surface area contributed by atoms with Crippen LogP contribution in [0.5, 0.6) is 0 Å². The van der Waals surface area contributed by atoms with E-state index < -0.39 is 0 Å². The first kappa shape index (κ1) is 16.1. The summed E-state index contributed by atoms with van der Waals surface area (Å²) in [6, 6.07) is 16.2. The standard InChI is InChI=1S/C21H21N3/c1-15-8-4-6-10-19(15)22-14-18-12-13-21(24-18)17(3)23-20-11-7-5-9-16(20)2/h4-11,13-14H,12H2,1-3H3. The maximum Gasteiger partial charge on any atom is 0.0810 e. The summed E-state index contributed by atoms with van der Waals surface area (Å²) in [6.45, 7) is 6.13. The molecule has 0 fully saturated rings. The Hall–Kier alpha value is -2.81. The van der Waals surface area contributed by atoms with Gasteiger partial charge in [-0.05, 0) is 44.0 Å². The summed E-state index contributed by atoms with van der Waals surface area (Å²) in [6.07, 6.45) is 4.76. The van der Waals surface area contributed by atoms with Gasteiger partial charge in [0.2, 0.25) is 0 Å². The number of para-hydroxylation sites is 2. The topological polar surface area (TPSA) is 37.1 Å². The van der Waals surface area contributed by atoms with Crippen molar-refractivity contribution in [3.63, 3.8) is 0 Å². The third-order valence-electron chi connectivity index (χ3n) is 4.01. The van der Waals surface area contributed by atoms with Gasteiger partial charge in [-0.15, -0.1) is 0 Å². The summed E-state index contributed by atoms with van der Waals surface area (Å²) in [7, 11) is 0. The Labute approximate surface area is 143 Å². The highest BCUT2D eigenvalue weighted by Gasteiger charge is 2.10. The molecule has 0 atom stereocenters. The molecular formula is C21H21N3. The predicted octanol–water partition coefficient (Wildman–Crippen LogP) is 5.53. The zero-order chi connectivity index (χ0) is 16.9. The number of allylic oxidation sites excluding steroid dienone is 2. The van der Waals surface area contributed by atoms with Crippen LogP contribution in [0.1, 0.15) is 24.5 Å². The zero-order valence-corrected chi connectivity index (χ0v) is 14.3. The number of rotatable bonds is 4. The van der Waals surface area contributed by atoms with E-state index in [0.29, 0.717) is 0 Å². The van der Waals surface area contributed by atoms with Crippen molar-refractivity contribution in [2.45, 2.75) is 27.2 Å². The van der Waals surface area contributed by atoms with Crippen LogP contribution >= 0.6 is 0 Å². The molecule has 0 N–H and O–H groups in total. The van der Waals surface area contributed by atoms with Crippen LogP contribution in [0.25, 0.3) is 0 Å². The third-order valence-corrected chi connectivity index (χ3v) is 4.01. The molecule has 0 aromatic heterocycles. The molecule has 2 aromatic rings. The fraction of sp³-hybridized carbons (Fsp3) is 0.190. The van der Waals surface area contributed by atoms with Gasteiger partial charge >= 0.3 is 0 Å². The molecule has 1 aliphatic heterocycles. The van der Waals surface area contributed by atoms with Crippen molar-refractivity contribution in [2.75, 3.05) is 0 Å². The Bertz CT molecular complexity index is 870. The molecule has 3 heteroatoms. The van der Waals surface area contributed by atoms with Crippen LogP contribution in [0.15, 0.2) is 75.3 Å². The number of benzene rings is 2. The average Bonchev–Trinajstić information content (AvgIpc) is 3.05. The molecule has 0 bridgehead atoms. The van der Waals surface area contributed by atoms with Crippen LogP contribution in [0.2, 0.25) is 0 Å². The largest absolute Gasteiger partial charge is 0.255 e. The molecule has 0 amide bonds. The quantitative estimate of drug-likeness (QED) is 0.666. The Morgan fingerprint density at radius 2 is 1.58 bits per heavy atom. The van der Waals surface area contributed by atoms with Crippen molar-refractivity contribution in [3.05, 3.63) is 71.4 Å². The molecule has 1 aliphatic rings. The molecule has 0 saturated heterocycles. The van der Waals surface area contributed by atoms with Gasteiger partial charge in [0.05, 0.1) is 28.5 Å². The zero-order valence-electron chi connectivity index (χ0n) is 14.3. The fourth-order valence-electron chi connectivity index (χ4n) is 2.54. The van der Waals surface area contributed by atoms with E-state index in [1.54, 1.807) is 0 Å². The molecule has 0 unspecified atom stereocenters. The molecule has 0 aliphatic carbocycles. The normalized spacial score (nSPS) is 14.9. The summed E-state index contributed by atoms with van der Waals surface area (Å²) >= 11 is 0. The van der Waals surface area contributed by atoms with Crippen LogP contribution in [0, 0.1) is 13.8 Å². The lowest BCUT2D eigenvalue weighted by Gasteiger charge is -2.02. The van der Waals surface area contributed by atoms with Crippen molar-refractivity contribution < 1.29 is 0 Å². The van der Waals surface area contributed by atoms with E-state index in [4.69, 9.17) is 4.99 Å². The molecule has 120 valence electrons. The minimum absolute atomic E-state index is 0.797. The van der Waals surface area contributed by atoms with Gasteiger partial charge in [0.15, 0.2) is 0 Å². The maximum absolute atomic E-state index is 4.70. The minimum Gasteiger partial charge on any atom is -0.255 e. The van der Waals surface area contributed by atoms with Crippen LogP contribution in [-0.4, -0.2) is 17.6 Å². The second kappa shape index (κ2) is 7.18. The van der Waals surface area contributed by atoms with Crippen LogP contribution in [0.4, 0.5) is 11.4 Å². The highest BCUT2D eigenvalue weighted by Crippen LogP contribution is 2.21. The fourth-order valence-corrected chi connectivity index (χ4v) is 2.54. The first-order valence-corrected chi connectivity index (χ1v) is 8.12. The SMILES string of the molecule is CC(=Nc1ccccc1C)C1=CCC(C=Nc2ccccc2C)=N1. The van der Waals surface area contributed by atoms with Gasteiger partial charge in [-0.25, -0.2) is 4.99 Å². The molecular weight excluding hydrogens is 294 g/mol. The molecule has 0 saturated carbocycles. The molecule has 0 radical (unpaired) electrons. The summed E-state index contributed by atoms with van der Waals surface area (Å²) in [4.78, 5) is 13.9. The van der Waals surface area contributed by atoms with E-state index in [1.807, 2.05) is 49.5 Å². The van der Waals surface area contributed by atoms with E-state index in [2.05, 4.69) is 42.0 Å². The Balaban J connectivity index is 1.75. The summed E-state index contributed by atoms with van der Waals surface area (Å²) in [5.74, 6) is 0. The number of nitrogens with zero attached hydrogens (tertiary/aromatic N) is 3. The van der Waals surface area contributed by atoms with Gasteiger partial charge in [-0.3, -0.25) is 9.98 Å². The lowest BCUT2D eigenvalue weighted by atomic mass is 10.2. The first-order chi connectivity index (χ1) is 11.6. The third kappa shape index (κ3) is 3.74. The van der Waals surface area contributed by atoms with E-state index in [0.717, 1.165) is 40.5 Å². The number of hydrogen-bond donors (Lipinski definition) is 0. The second-order valence-corrected chi connectivity index (χ2v) is 5.93. The van der Waals surface area contributed by atoms with Crippen LogP contribution in [0.3, 0.4) is 0 Å². The lowest BCUT2D eigenvalue weighted by Crippen LogP contribution is -1.96. The number of aliphatic imine (C=N–C) groups is 3. The molecule has 2 aromatic carbocycles. The van der Waals surface area contributed by atoms with Crippen molar-refractivity contribution in [2.24, 2.45) is 15.0 Å². The van der Waals surface area contributed by atoms with Crippen molar-refractivity contribution in [3.8, 4) is 0 Å². The molecule has 24 heavy (non-hydrogen) atoms. The first-order valence-electron chi connectivity index (χ1n) is 8.12. The highest BCUT2D eigenvalue weighted by molar-refractivity contribution is 6.33. The van der Waals surface area contributed by atoms with Crippen LogP contribution in [-0.2, 0) is 0 Å². The van der Waals surface area contributed by atoms with Crippen molar-refractivity contribution in [1.29, 1.82) is 0 Å². The molecule has 3 nitrogen and oxygen atoms in total. The predicted molar refractivity (Wildman–Crippen MR) is 103 cm³/mol. The van der Waals surface area contributed by atoms with Gasteiger partial charge in [0.1, 0.15) is 0 Å². The maximum atomic E-state index is 4.70. The van der Waals surface area contributed by atoms with E-state index in [-0.39, 0.29) is 0 Å². The summed E-state index contributed by atoms with van der Waals surface area (Å²) in [5.41, 5.74) is 7.14. The van der Waals surface area contributed by atoms with Gasteiger partial charge in [-0.2, -0.15) is 0 Å². The number of aryl methyl sites for hydroxylation is 2. The van der Waals surface area contributed by atoms with E-state index >= 15 is 0 Å². The smallest absolute Gasteiger partial charge is 0.0810 e. The van der Waals surface area contributed by atoms with Crippen LogP contribution < -0.4 is 0 Å². The molecule has 0 spiro atoms. The Kier molecular flexibility index (Phi) is 4.80. The van der Waals surface area contributed by atoms with Gasteiger partial charge < -0.3 is 0 Å². The monoisotopic (exact) mass is 315 g/mol. The average molecular weight is 315 g/mol. The second-order valence-electron chi connectivity index (χ2n) is 5.93. The molecule has 3 rings (SSSR count). The minimum atomic E-state index is 0.797. The lowest BCUT2D eigenvalue weighted by molar-refractivity contribution is 1.36. The summed E-state index contributed by atoms with van der Waals surface area (Å²) in [5, 5.41) is 0. The van der Waals surface area contributed by atoms with E-state index in [1.165, 1.54) is 5.56 Å². The Morgan fingerprint density at radius 3 is 2.25 bits per heavy atom. The summed E-state index contributed by atoms with van der Waals surface area (Å²) < 4.78 is 0. The van der Waals surface area contributed by atoms with Crippen molar-refractivity contribution >= 4 is 29.0 Å². The van der Waals surface area contributed by atoms with E-state index in [9.17, 15) is 0 Å². The van der Waals surface area contributed by atoms with Gasteiger partial charge in [-0.1, -0.05) is 42.5 Å². The molecule has 1 heterocycles. The van der Waals surface area contributed by atoms with Gasteiger partial charge in [0, 0.05) is 12.6 Å². The Morgan fingerprint density at radius 1 is 0.958 bits per heavy atom. The highest BCUT2D eigenvalue weighted by atomic mass is 14.9. The number of hydrogen-bond acceptors (Lipinski definition) is 3. The van der Waals surface area contributed by atoms with Crippen molar-refractivity contribution in [1.82, 2.24) is 0 Å². The van der Waals surface area contributed by atoms with Gasteiger partial charge in [0.25, 0.3) is 0 Å².